The van der Waals surface area contributed by atoms with Gasteiger partial charge in [-0.2, -0.15) is 13.2 Å². The molecule has 0 spiro atoms. The first kappa shape index (κ1) is 19.5. The third-order valence-electron chi connectivity index (χ3n) is 2.93. The fraction of sp³-hybridized carbons (Fsp3) is 0.429. The van der Waals surface area contributed by atoms with Gasteiger partial charge in [0, 0.05) is 11.6 Å². The van der Waals surface area contributed by atoms with Gasteiger partial charge in [0.05, 0.1) is 17.0 Å². The molecule has 0 saturated heterocycles. The number of hydrogen-bond acceptors (Lipinski definition) is 5. The van der Waals surface area contributed by atoms with Crippen molar-refractivity contribution in [2.75, 3.05) is 11.1 Å². The van der Waals surface area contributed by atoms with Gasteiger partial charge in [-0.15, -0.1) is 5.10 Å². The summed E-state index contributed by atoms with van der Waals surface area (Å²) < 4.78 is 40.6. The highest BCUT2D eigenvalue weighted by molar-refractivity contribution is 7.99. The zero-order chi connectivity index (χ0) is 18.6. The van der Waals surface area contributed by atoms with E-state index >= 15 is 0 Å². The van der Waals surface area contributed by atoms with Gasteiger partial charge in [-0.05, 0) is 34.5 Å². The molecule has 1 N–H and O–H groups in total. The number of nitrogens with zero attached hydrogens (tertiary/aromatic N) is 4. The maximum atomic E-state index is 13.0. The Kier molecular flexibility index (Phi) is 6.28. The Labute approximate surface area is 151 Å². The van der Waals surface area contributed by atoms with Gasteiger partial charge in [-0.1, -0.05) is 37.2 Å². The third-order valence-corrected chi connectivity index (χ3v) is 4.12. The van der Waals surface area contributed by atoms with Crippen LogP contribution < -0.4 is 5.32 Å². The summed E-state index contributed by atoms with van der Waals surface area (Å²) in [6.07, 6.45) is -4.62. The van der Waals surface area contributed by atoms with Crippen LogP contribution in [-0.2, 0) is 17.5 Å². The predicted molar refractivity (Wildman–Crippen MR) is 88.5 cm³/mol. The minimum absolute atomic E-state index is 0.0624. The summed E-state index contributed by atoms with van der Waals surface area (Å²) >= 11 is 6.65. The summed E-state index contributed by atoms with van der Waals surface area (Å²) in [6.45, 7) is 4.55. The van der Waals surface area contributed by atoms with E-state index in [1.807, 2.05) is 13.8 Å². The molecule has 1 heterocycles. The van der Waals surface area contributed by atoms with Crippen molar-refractivity contribution in [3.63, 3.8) is 0 Å². The van der Waals surface area contributed by atoms with E-state index in [0.29, 0.717) is 17.6 Å². The van der Waals surface area contributed by atoms with E-state index in [2.05, 4.69) is 20.8 Å². The van der Waals surface area contributed by atoms with E-state index in [0.717, 1.165) is 23.9 Å². The molecule has 0 bridgehead atoms. The van der Waals surface area contributed by atoms with Gasteiger partial charge < -0.3 is 5.32 Å². The predicted octanol–water partition coefficient (Wildman–Crippen LogP) is 3.73. The smallest absolute Gasteiger partial charge is 0.325 e. The second kappa shape index (κ2) is 8.05. The van der Waals surface area contributed by atoms with Crippen LogP contribution >= 0.6 is 23.4 Å². The lowest BCUT2D eigenvalue weighted by Gasteiger charge is -2.14. The number of thioether (sulfide) groups is 1. The topological polar surface area (TPSA) is 72.7 Å². The monoisotopic (exact) mass is 393 g/mol. The molecule has 0 aliphatic rings. The number of alkyl halides is 3. The molecule has 2 aromatic rings. The molecule has 25 heavy (non-hydrogen) atoms. The lowest BCUT2D eigenvalue weighted by molar-refractivity contribution is -0.137. The molecular formula is C14H15ClF3N5OS. The Morgan fingerprint density at radius 3 is 2.76 bits per heavy atom. The fourth-order valence-electron chi connectivity index (χ4n) is 1.94. The van der Waals surface area contributed by atoms with Crippen LogP contribution in [0.25, 0.3) is 0 Å². The number of anilines is 1. The molecule has 0 radical (unpaired) electrons. The number of benzene rings is 1. The van der Waals surface area contributed by atoms with Crippen molar-refractivity contribution in [1.29, 1.82) is 0 Å². The minimum Gasteiger partial charge on any atom is -0.325 e. The van der Waals surface area contributed by atoms with Gasteiger partial charge in [0.2, 0.25) is 11.1 Å². The van der Waals surface area contributed by atoms with Crippen molar-refractivity contribution in [2.45, 2.75) is 31.7 Å². The van der Waals surface area contributed by atoms with Crippen LogP contribution in [0.1, 0.15) is 19.4 Å². The fourth-order valence-corrected chi connectivity index (χ4v) is 2.80. The third kappa shape index (κ3) is 5.60. The molecule has 0 aliphatic carbocycles. The highest BCUT2D eigenvalue weighted by Crippen LogP contribution is 2.36. The first-order valence-corrected chi connectivity index (χ1v) is 8.58. The Morgan fingerprint density at radius 1 is 1.40 bits per heavy atom. The van der Waals surface area contributed by atoms with Gasteiger partial charge in [0.25, 0.3) is 0 Å². The molecule has 136 valence electrons. The van der Waals surface area contributed by atoms with Crippen LogP contribution in [0, 0.1) is 5.92 Å². The molecule has 1 aromatic carbocycles. The van der Waals surface area contributed by atoms with Gasteiger partial charge in [0.15, 0.2) is 0 Å². The molecule has 0 atom stereocenters. The van der Waals surface area contributed by atoms with Crippen molar-refractivity contribution in [2.24, 2.45) is 5.92 Å². The lowest BCUT2D eigenvalue weighted by Crippen LogP contribution is -2.18. The van der Waals surface area contributed by atoms with Gasteiger partial charge >= 0.3 is 6.18 Å². The first-order chi connectivity index (χ1) is 11.7. The number of rotatable bonds is 6. The summed E-state index contributed by atoms with van der Waals surface area (Å²) in [4.78, 5) is 12.0. The van der Waals surface area contributed by atoms with Crippen molar-refractivity contribution >= 4 is 35.0 Å². The number of nitrogens with one attached hydrogen (secondary N) is 1. The molecule has 0 saturated carbocycles. The van der Waals surface area contributed by atoms with E-state index in [1.165, 1.54) is 6.07 Å². The van der Waals surface area contributed by atoms with E-state index in [9.17, 15) is 18.0 Å². The Balaban J connectivity index is 2.03. The first-order valence-electron chi connectivity index (χ1n) is 7.22. The van der Waals surface area contributed by atoms with E-state index in [4.69, 9.17) is 11.6 Å². The van der Waals surface area contributed by atoms with Gasteiger partial charge in [-0.25, -0.2) is 4.68 Å². The van der Waals surface area contributed by atoms with Crippen molar-refractivity contribution < 1.29 is 18.0 Å². The molecule has 1 amide bonds. The highest BCUT2D eigenvalue weighted by atomic mass is 35.5. The number of carbonyl (C=O) groups excluding carboxylic acids is 1. The van der Waals surface area contributed by atoms with Crippen LogP contribution in [0.4, 0.5) is 18.9 Å². The number of carbonyl (C=O) groups is 1. The molecule has 11 heteroatoms. The van der Waals surface area contributed by atoms with E-state index < -0.39 is 17.6 Å². The standard InChI is InChI=1S/C14H15ClF3N5OS/c1-8(2)6-23-13(20-21-22-23)25-7-12(24)19-11-4-3-9(15)5-10(11)14(16,17)18/h3-5,8H,6-7H2,1-2H3,(H,19,24). The zero-order valence-corrected chi connectivity index (χ0v) is 14.9. The van der Waals surface area contributed by atoms with E-state index in [1.54, 1.807) is 4.68 Å². The second-order valence-corrected chi connectivity index (χ2v) is 6.94. The van der Waals surface area contributed by atoms with Crippen LogP contribution in [0.15, 0.2) is 23.4 Å². The van der Waals surface area contributed by atoms with Crippen LogP contribution in [0.3, 0.4) is 0 Å². The molecule has 0 fully saturated rings. The average molecular weight is 394 g/mol. The molecule has 0 aliphatic heterocycles. The molecular weight excluding hydrogens is 379 g/mol. The summed E-state index contributed by atoms with van der Waals surface area (Å²) in [5, 5.41) is 13.8. The summed E-state index contributed by atoms with van der Waals surface area (Å²) in [7, 11) is 0. The zero-order valence-electron chi connectivity index (χ0n) is 13.3. The summed E-state index contributed by atoms with van der Waals surface area (Å²) in [6, 6.07) is 3.17. The second-order valence-electron chi connectivity index (χ2n) is 5.56. The van der Waals surface area contributed by atoms with Crippen molar-refractivity contribution in [3.8, 4) is 0 Å². The van der Waals surface area contributed by atoms with Gasteiger partial charge in [-0.3, -0.25) is 4.79 Å². The SMILES string of the molecule is CC(C)Cn1nnnc1SCC(=O)Nc1ccc(Cl)cc1C(F)(F)F. The number of hydrogen-bond donors (Lipinski definition) is 1. The number of halogens is 4. The number of aromatic nitrogens is 4. The summed E-state index contributed by atoms with van der Waals surface area (Å²) in [5.41, 5.74) is -1.34. The normalized spacial score (nSPS) is 11.8. The Hall–Kier alpha value is -1.81. The number of amides is 1. The van der Waals surface area contributed by atoms with Crippen molar-refractivity contribution in [1.82, 2.24) is 20.2 Å². The Bertz CT molecular complexity index is 750. The molecule has 0 unspecified atom stereocenters. The Morgan fingerprint density at radius 2 is 2.12 bits per heavy atom. The maximum absolute atomic E-state index is 13.0. The van der Waals surface area contributed by atoms with Crippen molar-refractivity contribution in [3.05, 3.63) is 28.8 Å². The summed E-state index contributed by atoms with van der Waals surface area (Å²) in [5.74, 6) is -0.421. The molecule has 1 aromatic heterocycles. The number of tetrazole rings is 1. The van der Waals surface area contributed by atoms with Crippen LogP contribution in [0.5, 0.6) is 0 Å². The minimum atomic E-state index is -4.62. The van der Waals surface area contributed by atoms with Gasteiger partial charge in [0.1, 0.15) is 0 Å². The van der Waals surface area contributed by atoms with Crippen LogP contribution in [-0.4, -0.2) is 31.9 Å². The largest absolute Gasteiger partial charge is 0.418 e. The molecule has 6 nitrogen and oxygen atoms in total. The lowest BCUT2D eigenvalue weighted by atomic mass is 10.1. The maximum Gasteiger partial charge on any atom is 0.418 e. The average Bonchev–Trinajstić information content (AvgIpc) is 2.92. The molecule has 2 rings (SSSR count). The highest BCUT2D eigenvalue weighted by Gasteiger charge is 2.34. The van der Waals surface area contributed by atoms with Crippen LogP contribution in [0.2, 0.25) is 5.02 Å². The quantitative estimate of drug-likeness (QED) is 0.757. The van der Waals surface area contributed by atoms with E-state index in [-0.39, 0.29) is 16.5 Å².